The molecule has 0 aliphatic heterocycles. The predicted molar refractivity (Wildman–Crippen MR) is 117 cm³/mol. The van der Waals surface area contributed by atoms with Crippen LogP contribution in [0.25, 0.3) is 0 Å². The first-order valence-electron chi connectivity index (χ1n) is 9.66. The lowest BCUT2D eigenvalue weighted by Gasteiger charge is -2.28. The Hall–Kier alpha value is -2.61. The maximum absolute atomic E-state index is 13.6. The van der Waals surface area contributed by atoms with E-state index in [-0.39, 0.29) is 24.3 Å². The molecule has 0 fully saturated rings. The molecule has 0 saturated carbocycles. The molecule has 8 heteroatoms. The highest BCUT2D eigenvalue weighted by Gasteiger charge is 2.29. The third kappa shape index (κ3) is 6.19. The van der Waals surface area contributed by atoms with Gasteiger partial charge >= 0.3 is 0 Å². The zero-order chi connectivity index (χ0) is 22.5. The molecule has 2 rings (SSSR count). The van der Waals surface area contributed by atoms with Crippen molar-refractivity contribution >= 4 is 21.6 Å². The van der Waals surface area contributed by atoms with Crippen LogP contribution in [-0.4, -0.2) is 39.8 Å². The fourth-order valence-electron chi connectivity index (χ4n) is 3.12. The van der Waals surface area contributed by atoms with Gasteiger partial charge in [0.1, 0.15) is 24.2 Å². The van der Waals surface area contributed by atoms with E-state index in [2.05, 4.69) is 26.1 Å². The van der Waals surface area contributed by atoms with Crippen LogP contribution in [-0.2, 0) is 20.2 Å². The van der Waals surface area contributed by atoms with E-state index in [4.69, 9.17) is 4.74 Å². The van der Waals surface area contributed by atoms with Gasteiger partial charge in [-0.05, 0) is 42.2 Å². The van der Waals surface area contributed by atoms with Crippen molar-refractivity contribution in [3.63, 3.8) is 0 Å². The molecule has 30 heavy (non-hydrogen) atoms. The van der Waals surface area contributed by atoms with Gasteiger partial charge in [0.15, 0.2) is 0 Å². The van der Waals surface area contributed by atoms with Gasteiger partial charge in [0.05, 0.1) is 18.5 Å². The molecule has 0 aliphatic carbocycles. The Bertz CT molecular complexity index is 987. The summed E-state index contributed by atoms with van der Waals surface area (Å²) in [5, 5.41) is 2.68. The van der Waals surface area contributed by atoms with Gasteiger partial charge in [-0.2, -0.15) is 0 Å². The van der Waals surface area contributed by atoms with E-state index in [0.717, 1.165) is 27.9 Å². The molecule has 0 radical (unpaired) electrons. The molecule has 0 aliphatic rings. The van der Waals surface area contributed by atoms with Crippen molar-refractivity contribution in [2.45, 2.75) is 39.2 Å². The van der Waals surface area contributed by atoms with Crippen LogP contribution in [0.1, 0.15) is 33.3 Å². The second kappa shape index (κ2) is 9.47. The van der Waals surface area contributed by atoms with Gasteiger partial charge in [-0.1, -0.05) is 45.0 Å². The Morgan fingerprint density at radius 2 is 1.83 bits per heavy atom. The van der Waals surface area contributed by atoms with E-state index in [0.29, 0.717) is 0 Å². The van der Waals surface area contributed by atoms with Crippen LogP contribution in [0.3, 0.4) is 0 Å². The number of sulfonamides is 1. The number of nitrogens with zero attached hydrogens (tertiary/aromatic N) is 1. The summed E-state index contributed by atoms with van der Waals surface area (Å²) in [6, 6.07) is 11.8. The SMILES string of the molecule is CC(C(=O)NCCOc1ccccc1C(C)(C)C)N(c1cccc(F)c1)S(C)(=O)=O. The second-order valence-electron chi connectivity index (χ2n) is 8.10. The zero-order valence-electron chi connectivity index (χ0n) is 18.0. The first kappa shape index (κ1) is 23.7. The van der Waals surface area contributed by atoms with E-state index in [1.54, 1.807) is 0 Å². The highest BCUT2D eigenvalue weighted by molar-refractivity contribution is 7.92. The fraction of sp³-hybridized carbons (Fsp3) is 0.409. The van der Waals surface area contributed by atoms with Crippen molar-refractivity contribution in [2.75, 3.05) is 23.7 Å². The van der Waals surface area contributed by atoms with E-state index >= 15 is 0 Å². The smallest absolute Gasteiger partial charge is 0.243 e. The van der Waals surface area contributed by atoms with Crippen molar-refractivity contribution in [1.29, 1.82) is 0 Å². The van der Waals surface area contributed by atoms with Gasteiger partial charge in [0.25, 0.3) is 0 Å². The number of hydrogen-bond acceptors (Lipinski definition) is 4. The molecule has 0 bridgehead atoms. The van der Waals surface area contributed by atoms with Crippen LogP contribution in [0.15, 0.2) is 48.5 Å². The molecule has 0 heterocycles. The van der Waals surface area contributed by atoms with Gasteiger partial charge in [-0.15, -0.1) is 0 Å². The summed E-state index contributed by atoms with van der Waals surface area (Å²) >= 11 is 0. The maximum Gasteiger partial charge on any atom is 0.243 e. The number of benzene rings is 2. The number of anilines is 1. The number of amides is 1. The van der Waals surface area contributed by atoms with Crippen molar-refractivity contribution < 1.29 is 22.3 Å². The van der Waals surface area contributed by atoms with Crippen molar-refractivity contribution in [1.82, 2.24) is 5.32 Å². The molecule has 1 unspecified atom stereocenters. The first-order chi connectivity index (χ1) is 13.9. The maximum atomic E-state index is 13.6. The number of nitrogens with one attached hydrogen (secondary N) is 1. The molecule has 0 aromatic heterocycles. The molecular formula is C22H29FN2O4S. The summed E-state index contributed by atoms with van der Waals surface area (Å²) in [6.45, 7) is 8.14. The van der Waals surface area contributed by atoms with Crippen LogP contribution >= 0.6 is 0 Å². The number of ether oxygens (including phenoxy) is 1. The molecule has 2 aromatic carbocycles. The summed E-state index contributed by atoms with van der Waals surface area (Å²) in [5.74, 6) is -0.345. The largest absolute Gasteiger partial charge is 0.491 e. The minimum atomic E-state index is -3.80. The predicted octanol–water partition coefficient (Wildman–Crippen LogP) is 3.47. The average Bonchev–Trinajstić information content (AvgIpc) is 2.63. The molecule has 1 N–H and O–H groups in total. The molecule has 0 saturated heterocycles. The van der Waals surface area contributed by atoms with E-state index in [1.807, 2.05) is 24.3 Å². The van der Waals surface area contributed by atoms with Gasteiger partial charge in [0, 0.05) is 0 Å². The van der Waals surface area contributed by atoms with Gasteiger partial charge in [-0.3, -0.25) is 9.10 Å². The lowest BCUT2D eigenvalue weighted by Crippen LogP contribution is -2.48. The number of carbonyl (C=O) groups is 1. The van der Waals surface area contributed by atoms with Crippen LogP contribution in [0, 0.1) is 5.82 Å². The Morgan fingerprint density at radius 1 is 1.17 bits per heavy atom. The standard InChI is InChI=1S/C22H29FN2O4S/c1-16(25(30(5,27)28)18-10-8-9-17(23)15-18)21(26)24-13-14-29-20-12-7-6-11-19(20)22(2,3)4/h6-12,15-16H,13-14H2,1-5H3,(H,24,26). The van der Waals surface area contributed by atoms with Crippen molar-refractivity contribution in [2.24, 2.45) is 0 Å². The first-order valence-corrected chi connectivity index (χ1v) is 11.5. The Balaban J connectivity index is 2.02. The zero-order valence-corrected chi connectivity index (χ0v) is 18.8. The number of hydrogen-bond donors (Lipinski definition) is 1. The Morgan fingerprint density at radius 3 is 2.43 bits per heavy atom. The minimum absolute atomic E-state index is 0.0880. The molecule has 1 atom stereocenters. The number of halogens is 1. The summed E-state index contributed by atoms with van der Waals surface area (Å²) in [4.78, 5) is 12.6. The minimum Gasteiger partial charge on any atom is -0.491 e. The molecule has 164 valence electrons. The normalized spacial score (nSPS) is 12.9. The lowest BCUT2D eigenvalue weighted by molar-refractivity contribution is -0.121. The summed E-state index contributed by atoms with van der Waals surface area (Å²) in [6.07, 6.45) is 0.980. The Kier molecular flexibility index (Phi) is 7.47. The topological polar surface area (TPSA) is 75.7 Å². The van der Waals surface area contributed by atoms with E-state index in [1.165, 1.54) is 25.1 Å². The molecule has 1 amide bonds. The van der Waals surface area contributed by atoms with Gasteiger partial charge in [-0.25, -0.2) is 12.8 Å². The molecular weight excluding hydrogens is 407 g/mol. The monoisotopic (exact) mass is 436 g/mol. The Labute approximate surface area is 178 Å². The summed E-state index contributed by atoms with van der Waals surface area (Å²) in [7, 11) is -3.80. The second-order valence-corrected chi connectivity index (χ2v) is 9.96. The molecule has 6 nitrogen and oxygen atoms in total. The quantitative estimate of drug-likeness (QED) is 0.643. The van der Waals surface area contributed by atoms with Crippen molar-refractivity contribution in [3.05, 3.63) is 59.9 Å². The number of para-hydroxylation sites is 1. The van der Waals surface area contributed by atoms with Gasteiger partial charge < -0.3 is 10.1 Å². The third-order valence-electron chi connectivity index (χ3n) is 4.51. The third-order valence-corrected chi connectivity index (χ3v) is 5.75. The van der Waals surface area contributed by atoms with E-state index < -0.39 is 27.8 Å². The highest BCUT2D eigenvalue weighted by atomic mass is 32.2. The van der Waals surface area contributed by atoms with Crippen LogP contribution in [0.4, 0.5) is 10.1 Å². The van der Waals surface area contributed by atoms with Crippen LogP contribution in [0.2, 0.25) is 0 Å². The summed E-state index contributed by atoms with van der Waals surface area (Å²) in [5.41, 5.74) is 1.06. The van der Waals surface area contributed by atoms with Crippen LogP contribution in [0.5, 0.6) is 5.75 Å². The number of rotatable bonds is 8. The fourth-order valence-corrected chi connectivity index (χ4v) is 4.28. The van der Waals surface area contributed by atoms with E-state index in [9.17, 15) is 17.6 Å². The average molecular weight is 437 g/mol. The molecule has 0 spiro atoms. The lowest BCUT2D eigenvalue weighted by atomic mass is 9.86. The highest BCUT2D eigenvalue weighted by Crippen LogP contribution is 2.30. The van der Waals surface area contributed by atoms with Gasteiger partial charge in [0.2, 0.25) is 15.9 Å². The van der Waals surface area contributed by atoms with Crippen LogP contribution < -0.4 is 14.4 Å². The molecule has 2 aromatic rings. The number of carbonyl (C=O) groups excluding carboxylic acids is 1. The van der Waals surface area contributed by atoms with Crippen molar-refractivity contribution in [3.8, 4) is 5.75 Å². The summed E-state index contributed by atoms with van der Waals surface area (Å²) < 4.78 is 44.8.